The van der Waals surface area contributed by atoms with Gasteiger partial charge in [-0.15, -0.1) is 0 Å². The van der Waals surface area contributed by atoms with Gasteiger partial charge in [-0.3, -0.25) is 14.4 Å². The van der Waals surface area contributed by atoms with Crippen molar-refractivity contribution in [3.63, 3.8) is 0 Å². The van der Waals surface area contributed by atoms with Crippen molar-refractivity contribution in [2.75, 3.05) is 0 Å². The molecule has 0 aliphatic heterocycles. The lowest BCUT2D eigenvalue weighted by Crippen LogP contribution is -2.32. The van der Waals surface area contributed by atoms with Crippen molar-refractivity contribution in [1.82, 2.24) is 0 Å². The molecule has 70 valence electrons. The van der Waals surface area contributed by atoms with Crippen molar-refractivity contribution in [2.24, 2.45) is 11.5 Å². The maximum atomic E-state index is 9.85. The van der Waals surface area contributed by atoms with Gasteiger partial charge < -0.3 is 21.7 Å². The summed E-state index contributed by atoms with van der Waals surface area (Å²) in [5.74, 6) is -2.50. The molecule has 0 saturated heterocycles. The zero-order valence-electron chi connectivity index (χ0n) is 6.14. The fraction of sp³-hybridized carbons (Fsp3) is 0.400. The SMILES string of the molecule is NC=O.N[C@@H](CC(=O)O)C(=O)O. The van der Waals surface area contributed by atoms with Gasteiger partial charge in [0.25, 0.3) is 0 Å². The fourth-order valence-electron chi connectivity index (χ4n) is 0.275. The number of carboxylic acid groups (broad SMARTS) is 2. The molecular formula is C5H10N2O5. The van der Waals surface area contributed by atoms with Gasteiger partial charge in [0.2, 0.25) is 6.41 Å². The van der Waals surface area contributed by atoms with Gasteiger partial charge in [-0.2, -0.15) is 0 Å². The van der Waals surface area contributed by atoms with Gasteiger partial charge in [-0.1, -0.05) is 0 Å². The molecule has 0 spiro atoms. The van der Waals surface area contributed by atoms with Gasteiger partial charge >= 0.3 is 11.9 Å². The van der Waals surface area contributed by atoms with E-state index in [1.807, 2.05) is 0 Å². The molecule has 0 radical (unpaired) electrons. The lowest BCUT2D eigenvalue weighted by atomic mass is 10.2. The highest BCUT2D eigenvalue weighted by atomic mass is 16.4. The monoisotopic (exact) mass is 178 g/mol. The number of aliphatic carboxylic acids is 2. The summed E-state index contributed by atoms with van der Waals surface area (Å²) in [4.78, 5) is 28.2. The number of carboxylic acids is 2. The molecule has 7 nitrogen and oxygen atoms in total. The van der Waals surface area contributed by atoms with E-state index in [-0.39, 0.29) is 6.41 Å². The minimum absolute atomic E-state index is 0.250. The summed E-state index contributed by atoms with van der Waals surface area (Å²) in [5.41, 5.74) is 9.00. The number of carbonyl (C=O) groups excluding carboxylic acids is 1. The summed E-state index contributed by atoms with van der Waals surface area (Å²) in [6.07, 6.45) is -0.282. The van der Waals surface area contributed by atoms with Crippen molar-refractivity contribution >= 4 is 18.3 Å². The normalized spacial score (nSPS) is 10.4. The van der Waals surface area contributed by atoms with Crippen LogP contribution in [-0.4, -0.2) is 34.6 Å². The van der Waals surface area contributed by atoms with E-state index in [2.05, 4.69) is 5.73 Å². The number of amides is 1. The van der Waals surface area contributed by atoms with Crippen molar-refractivity contribution < 1.29 is 24.6 Å². The molecule has 0 aliphatic rings. The number of primary amides is 1. The van der Waals surface area contributed by atoms with Crippen LogP contribution < -0.4 is 11.5 Å². The van der Waals surface area contributed by atoms with E-state index in [9.17, 15) is 9.59 Å². The average molecular weight is 178 g/mol. The zero-order chi connectivity index (χ0) is 10.1. The predicted octanol–water partition coefficient (Wildman–Crippen LogP) is -2.03. The molecule has 1 amide bonds. The molecule has 0 saturated carbocycles. The second kappa shape index (κ2) is 7.48. The summed E-state index contributed by atoms with van der Waals surface area (Å²) in [6, 6.07) is -1.29. The quantitative estimate of drug-likeness (QED) is 0.367. The van der Waals surface area contributed by atoms with E-state index < -0.39 is 24.4 Å². The average Bonchev–Trinajstić information content (AvgIpc) is 1.87. The highest BCUT2D eigenvalue weighted by Gasteiger charge is 2.14. The first-order chi connectivity index (χ1) is 5.45. The highest BCUT2D eigenvalue weighted by Crippen LogP contribution is 1.86. The van der Waals surface area contributed by atoms with E-state index in [1.165, 1.54) is 0 Å². The molecule has 0 aromatic heterocycles. The Morgan fingerprint density at radius 2 is 1.75 bits per heavy atom. The molecule has 12 heavy (non-hydrogen) atoms. The predicted molar refractivity (Wildman–Crippen MR) is 38.1 cm³/mol. The van der Waals surface area contributed by atoms with E-state index in [0.717, 1.165) is 0 Å². The molecule has 0 aromatic rings. The van der Waals surface area contributed by atoms with E-state index in [1.54, 1.807) is 0 Å². The second-order valence-electron chi connectivity index (χ2n) is 1.68. The topological polar surface area (TPSA) is 144 Å². The first kappa shape index (κ1) is 13.0. The fourth-order valence-corrected chi connectivity index (χ4v) is 0.275. The van der Waals surface area contributed by atoms with E-state index in [4.69, 9.17) is 20.7 Å². The number of hydrogen-bond donors (Lipinski definition) is 4. The molecule has 0 aliphatic carbocycles. The molecule has 0 bridgehead atoms. The maximum Gasteiger partial charge on any atom is 0.321 e. The van der Waals surface area contributed by atoms with E-state index in [0.29, 0.717) is 0 Å². The summed E-state index contributed by atoms with van der Waals surface area (Å²) in [7, 11) is 0. The standard InChI is InChI=1S/C4H7NO4.CH3NO/c5-2(4(8)9)1-3(6)7;2-1-3/h2H,1,5H2,(H,6,7)(H,8,9);1H,(H2,2,3)/t2-;/m0./s1. The number of nitrogens with two attached hydrogens (primary N) is 2. The van der Waals surface area contributed by atoms with Gasteiger partial charge in [0.1, 0.15) is 6.04 Å². The smallest absolute Gasteiger partial charge is 0.321 e. The maximum absolute atomic E-state index is 9.85. The Kier molecular flexibility index (Phi) is 8.10. The van der Waals surface area contributed by atoms with Crippen LogP contribution in [0.15, 0.2) is 0 Å². The second-order valence-corrected chi connectivity index (χ2v) is 1.68. The number of carbonyl (C=O) groups is 3. The zero-order valence-corrected chi connectivity index (χ0v) is 6.14. The first-order valence-electron chi connectivity index (χ1n) is 2.81. The van der Waals surface area contributed by atoms with Crippen molar-refractivity contribution in [1.29, 1.82) is 0 Å². The van der Waals surface area contributed by atoms with Gasteiger partial charge in [0.05, 0.1) is 6.42 Å². The molecule has 7 heteroatoms. The Hall–Kier alpha value is -1.63. The Morgan fingerprint density at radius 3 is 1.83 bits per heavy atom. The molecular weight excluding hydrogens is 168 g/mol. The minimum atomic E-state index is -1.29. The number of rotatable bonds is 3. The Morgan fingerprint density at radius 1 is 1.42 bits per heavy atom. The molecule has 0 aromatic carbocycles. The third kappa shape index (κ3) is 11.2. The van der Waals surface area contributed by atoms with Gasteiger partial charge in [0.15, 0.2) is 0 Å². The molecule has 0 rings (SSSR count). The van der Waals surface area contributed by atoms with Gasteiger partial charge in [-0.05, 0) is 0 Å². The van der Waals surface area contributed by atoms with Crippen LogP contribution in [0.2, 0.25) is 0 Å². The van der Waals surface area contributed by atoms with Crippen LogP contribution in [0.25, 0.3) is 0 Å². The number of hydrogen-bond acceptors (Lipinski definition) is 4. The van der Waals surface area contributed by atoms with Crippen LogP contribution in [0.5, 0.6) is 0 Å². The molecule has 6 N–H and O–H groups in total. The summed E-state index contributed by atoms with van der Waals surface area (Å²) < 4.78 is 0. The largest absolute Gasteiger partial charge is 0.481 e. The molecule has 0 heterocycles. The van der Waals surface area contributed by atoms with Crippen molar-refractivity contribution in [3.8, 4) is 0 Å². The van der Waals surface area contributed by atoms with Crippen LogP contribution in [0.4, 0.5) is 0 Å². The third-order valence-electron chi connectivity index (χ3n) is 0.712. The molecule has 0 fully saturated rings. The van der Waals surface area contributed by atoms with Crippen molar-refractivity contribution in [2.45, 2.75) is 12.5 Å². The highest BCUT2D eigenvalue weighted by molar-refractivity contribution is 5.80. The first-order valence-corrected chi connectivity index (χ1v) is 2.81. The van der Waals surface area contributed by atoms with Crippen LogP contribution in [0.3, 0.4) is 0 Å². The summed E-state index contributed by atoms with van der Waals surface area (Å²) in [5, 5.41) is 16.0. The Bertz CT molecular complexity index is 169. The van der Waals surface area contributed by atoms with Crippen LogP contribution >= 0.6 is 0 Å². The van der Waals surface area contributed by atoms with Crippen LogP contribution in [-0.2, 0) is 14.4 Å². The van der Waals surface area contributed by atoms with Gasteiger partial charge in [0, 0.05) is 0 Å². The van der Waals surface area contributed by atoms with Gasteiger partial charge in [-0.25, -0.2) is 0 Å². The summed E-state index contributed by atoms with van der Waals surface area (Å²) >= 11 is 0. The Labute approximate surface area is 68.0 Å². The van der Waals surface area contributed by atoms with E-state index >= 15 is 0 Å². The third-order valence-corrected chi connectivity index (χ3v) is 0.712. The molecule has 1 atom stereocenters. The van der Waals surface area contributed by atoms with Crippen LogP contribution in [0, 0.1) is 0 Å². The lowest BCUT2D eigenvalue weighted by Gasteiger charge is -1.99. The Balaban J connectivity index is 0. The summed E-state index contributed by atoms with van der Waals surface area (Å²) in [6.45, 7) is 0. The van der Waals surface area contributed by atoms with Crippen LogP contribution in [0.1, 0.15) is 6.42 Å². The minimum Gasteiger partial charge on any atom is -0.481 e. The lowest BCUT2D eigenvalue weighted by molar-refractivity contribution is -0.144. The van der Waals surface area contributed by atoms with Crippen molar-refractivity contribution in [3.05, 3.63) is 0 Å². The molecule has 0 unspecified atom stereocenters.